The fraction of sp³-hybridized carbons (Fsp3) is 0.444. The van der Waals surface area contributed by atoms with E-state index in [2.05, 4.69) is 6.92 Å². The number of rotatable bonds is 1. The lowest BCUT2D eigenvalue weighted by Crippen LogP contribution is -2.28. The molecule has 0 spiro atoms. The molecular weight excluding hydrogens is 179 g/mol. The van der Waals surface area contributed by atoms with Crippen LogP contribution in [0.5, 0.6) is 0 Å². The van der Waals surface area contributed by atoms with Crippen molar-refractivity contribution in [2.45, 2.75) is 18.2 Å². The van der Waals surface area contributed by atoms with Crippen LogP contribution >= 0.6 is 23.2 Å². The third kappa shape index (κ3) is 1.62. The molecule has 0 aromatic rings. The maximum absolute atomic E-state index is 6.23. The second-order valence-corrected chi connectivity index (χ2v) is 3.88. The average Bonchev–Trinajstić information content (AvgIpc) is 2.00. The highest BCUT2D eigenvalue weighted by molar-refractivity contribution is 6.32. The summed E-state index contributed by atoms with van der Waals surface area (Å²) in [5.41, 5.74) is 0. The van der Waals surface area contributed by atoms with Gasteiger partial charge in [-0.2, -0.15) is 0 Å². The van der Waals surface area contributed by atoms with Crippen molar-refractivity contribution in [3.63, 3.8) is 0 Å². The summed E-state index contributed by atoms with van der Waals surface area (Å²) in [6.07, 6.45) is 6.54. The first kappa shape index (κ1) is 9.15. The van der Waals surface area contributed by atoms with Gasteiger partial charge in [-0.05, 0) is 19.4 Å². The maximum Gasteiger partial charge on any atom is 0.0703 e. The van der Waals surface area contributed by atoms with Gasteiger partial charge in [0.1, 0.15) is 0 Å². The molecule has 0 nitrogen and oxygen atoms in total. The fourth-order valence-corrected chi connectivity index (χ4v) is 1.64. The molecule has 0 amide bonds. The van der Waals surface area contributed by atoms with Gasteiger partial charge in [-0.3, -0.25) is 0 Å². The lowest BCUT2D eigenvalue weighted by atomic mass is 9.87. The molecule has 0 N–H and O–H groups in total. The van der Waals surface area contributed by atoms with Gasteiger partial charge < -0.3 is 0 Å². The zero-order valence-corrected chi connectivity index (χ0v) is 7.99. The van der Waals surface area contributed by atoms with E-state index in [9.17, 15) is 0 Å². The molecule has 1 radical (unpaired) electrons. The molecule has 2 unspecified atom stereocenters. The summed E-state index contributed by atoms with van der Waals surface area (Å²) in [6.45, 7) is 5.95. The van der Waals surface area contributed by atoms with E-state index in [4.69, 9.17) is 23.2 Å². The van der Waals surface area contributed by atoms with E-state index in [1.54, 1.807) is 0 Å². The second kappa shape index (κ2) is 3.20. The Hall–Kier alpha value is 0.0600. The van der Waals surface area contributed by atoms with Crippen molar-refractivity contribution in [2.75, 3.05) is 0 Å². The minimum atomic E-state index is -0.369. The molecular formula is C9H11Cl2. The van der Waals surface area contributed by atoms with Gasteiger partial charge in [-0.25, -0.2) is 0 Å². The van der Waals surface area contributed by atoms with E-state index in [-0.39, 0.29) is 10.8 Å². The second-order valence-electron chi connectivity index (χ2n) is 2.74. The Morgan fingerprint density at radius 2 is 2.36 bits per heavy atom. The summed E-state index contributed by atoms with van der Waals surface area (Å²) in [5.74, 6) is -0.0131. The SMILES string of the molecule is [CH2]C1C(Cl)=CC=CC1(Cl)CC. The van der Waals surface area contributed by atoms with Gasteiger partial charge in [0.25, 0.3) is 0 Å². The first-order valence-electron chi connectivity index (χ1n) is 3.67. The summed E-state index contributed by atoms with van der Waals surface area (Å²) in [5, 5.41) is 0.740. The predicted molar refractivity (Wildman–Crippen MR) is 50.8 cm³/mol. The molecule has 0 saturated carbocycles. The van der Waals surface area contributed by atoms with Gasteiger partial charge in [-0.15, -0.1) is 11.6 Å². The van der Waals surface area contributed by atoms with Crippen LogP contribution in [-0.2, 0) is 0 Å². The van der Waals surface area contributed by atoms with Gasteiger partial charge in [0.05, 0.1) is 4.87 Å². The molecule has 0 aromatic heterocycles. The Labute approximate surface area is 77.9 Å². The zero-order valence-electron chi connectivity index (χ0n) is 6.48. The Kier molecular flexibility index (Phi) is 2.66. The van der Waals surface area contributed by atoms with E-state index in [1.165, 1.54) is 0 Å². The van der Waals surface area contributed by atoms with E-state index in [1.807, 2.05) is 25.2 Å². The largest absolute Gasteiger partial charge is 0.114 e. The van der Waals surface area contributed by atoms with Crippen LogP contribution in [0.4, 0.5) is 0 Å². The Bertz CT molecular complexity index is 206. The molecule has 0 aromatic carbocycles. The van der Waals surface area contributed by atoms with E-state index >= 15 is 0 Å². The topological polar surface area (TPSA) is 0 Å². The third-order valence-corrected chi connectivity index (χ3v) is 3.13. The van der Waals surface area contributed by atoms with Crippen LogP contribution in [0.25, 0.3) is 0 Å². The zero-order chi connectivity index (χ0) is 8.48. The van der Waals surface area contributed by atoms with Gasteiger partial charge in [0.2, 0.25) is 0 Å². The molecule has 0 heterocycles. The number of allylic oxidation sites excluding steroid dienone is 4. The van der Waals surface area contributed by atoms with Crippen LogP contribution < -0.4 is 0 Å². The van der Waals surface area contributed by atoms with Crippen LogP contribution in [0, 0.1) is 12.8 Å². The van der Waals surface area contributed by atoms with Crippen molar-refractivity contribution in [3.05, 3.63) is 30.2 Å². The summed E-state index contributed by atoms with van der Waals surface area (Å²) in [4.78, 5) is -0.369. The number of hydrogen-bond donors (Lipinski definition) is 0. The minimum Gasteiger partial charge on any atom is -0.114 e. The minimum absolute atomic E-state index is 0.0131. The van der Waals surface area contributed by atoms with E-state index in [0.29, 0.717) is 0 Å². The van der Waals surface area contributed by atoms with Crippen molar-refractivity contribution < 1.29 is 0 Å². The highest BCUT2D eigenvalue weighted by Crippen LogP contribution is 2.39. The van der Waals surface area contributed by atoms with Crippen molar-refractivity contribution in [2.24, 2.45) is 5.92 Å². The summed E-state index contributed by atoms with van der Waals surface area (Å²) >= 11 is 12.1. The van der Waals surface area contributed by atoms with Crippen molar-refractivity contribution in [1.29, 1.82) is 0 Å². The molecule has 0 saturated heterocycles. The van der Waals surface area contributed by atoms with Gasteiger partial charge in [-0.1, -0.05) is 30.7 Å². The van der Waals surface area contributed by atoms with E-state index < -0.39 is 0 Å². The summed E-state index contributed by atoms with van der Waals surface area (Å²) in [6, 6.07) is 0. The lowest BCUT2D eigenvalue weighted by Gasteiger charge is -2.30. The van der Waals surface area contributed by atoms with Crippen molar-refractivity contribution in [3.8, 4) is 0 Å². The standard InChI is InChI=1S/C9H11Cl2/c1-3-9(11)6-4-5-8(10)7(9)2/h4-7H,2-3H2,1H3. The van der Waals surface area contributed by atoms with Crippen LogP contribution in [0.15, 0.2) is 23.3 Å². The monoisotopic (exact) mass is 189 g/mol. The van der Waals surface area contributed by atoms with Crippen LogP contribution in [0.3, 0.4) is 0 Å². The van der Waals surface area contributed by atoms with Crippen LogP contribution in [-0.4, -0.2) is 4.87 Å². The predicted octanol–water partition coefficient (Wildman–Crippen LogP) is 3.52. The fourth-order valence-electron chi connectivity index (χ4n) is 1.13. The normalized spacial score (nSPS) is 37.1. The Balaban J connectivity index is 2.88. The summed E-state index contributed by atoms with van der Waals surface area (Å²) < 4.78 is 0. The van der Waals surface area contributed by atoms with Gasteiger partial charge >= 0.3 is 0 Å². The maximum atomic E-state index is 6.23. The number of hydrogen-bond acceptors (Lipinski definition) is 0. The molecule has 1 rings (SSSR count). The Morgan fingerprint density at radius 3 is 2.82 bits per heavy atom. The quantitative estimate of drug-likeness (QED) is 0.555. The molecule has 1 aliphatic carbocycles. The first-order chi connectivity index (χ1) is 5.10. The highest BCUT2D eigenvalue weighted by Gasteiger charge is 2.32. The van der Waals surface area contributed by atoms with Crippen LogP contribution in [0.1, 0.15) is 13.3 Å². The van der Waals surface area contributed by atoms with Crippen LogP contribution in [0.2, 0.25) is 0 Å². The average molecular weight is 190 g/mol. The van der Waals surface area contributed by atoms with Crippen molar-refractivity contribution >= 4 is 23.2 Å². The molecule has 0 aliphatic heterocycles. The first-order valence-corrected chi connectivity index (χ1v) is 4.42. The molecule has 11 heavy (non-hydrogen) atoms. The molecule has 2 atom stereocenters. The highest BCUT2D eigenvalue weighted by atomic mass is 35.5. The molecule has 0 fully saturated rings. The van der Waals surface area contributed by atoms with E-state index in [0.717, 1.165) is 11.5 Å². The molecule has 1 aliphatic rings. The molecule has 61 valence electrons. The molecule has 0 bridgehead atoms. The Morgan fingerprint density at radius 1 is 1.73 bits per heavy atom. The number of alkyl halides is 1. The van der Waals surface area contributed by atoms with Gasteiger partial charge in [0, 0.05) is 11.0 Å². The summed E-state index contributed by atoms with van der Waals surface area (Å²) in [7, 11) is 0. The smallest absolute Gasteiger partial charge is 0.0703 e. The lowest BCUT2D eigenvalue weighted by molar-refractivity contribution is 0.562. The third-order valence-electron chi connectivity index (χ3n) is 2.08. The number of halogens is 2. The van der Waals surface area contributed by atoms with Gasteiger partial charge in [0.15, 0.2) is 0 Å². The van der Waals surface area contributed by atoms with Crippen molar-refractivity contribution in [1.82, 2.24) is 0 Å². The molecule has 2 heteroatoms.